The van der Waals surface area contributed by atoms with Crippen LogP contribution in [0.15, 0.2) is 71.2 Å². The maximum Gasteiger partial charge on any atom is 0.243 e. The summed E-state index contributed by atoms with van der Waals surface area (Å²) in [5.74, 6) is -2.21. The van der Waals surface area contributed by atoms with Crippen LogP contribution in [0.1, 0.15) is 57.2 Å². The zero-order valence-corrected chi connectivity index (χ0v) is 28.3. The average molecular weight is 672 g/mol. The fourth-order valence-corrected chi connectivity index (χ4v) is 5.25. The first-order valence-corrected chi connectivity index (χ1v) is 17.3. The van der Waals surface area contributed by atoms with Gasteiger partial charge in [0.25, 0.3) is 0 Å². The molecule has 4 atom stereocenters. The number of rotatable bonds is 18. The minimum atomic E-state index is -3.54. The highest BCUT2D eigenvalue weighted by atomic mass is 32.2. The topological polar surface area (TPSA) is 196 Å². The number of nitrogens with two attached hydrogens (primary N) is 1. The Morgan fingerprint density at radius 3 is 2.00 bits per heavy atom. The van der Waals surface area contributed by atoms with Crippen LogP contribution in [0.2, 0.25) is 0 Å². The molecule has 0 fully saturated rings. The summed E-state index contributed by atoms with van der Waals surface area (Å²) in [5.41, 5.74) is 15.3. The van der Waals surface area contributed by atoms with E-state index in [1.807, 2.05) is 32.0 Å². The molecule has 0 aliphatic heterocycles. The van der Waals surface area contributed by atoms with Crippen LogP contribution in [0, 0.1) is 5.92 Å². The second-order valence-electron chi connectivity index (χ2n) is 12.6. The molecule has 0 radical (unpaired) electrons. The van der Waals surface area contributed by atoms with E-state index in [-0.39, 0.29) is 25.2 Å². The van der Waals surface area contributed by atoms with Crippen molar-refractivity contribution >= 4 is 27.6 Å². The van der Waals surface area contributed by atoms with Crippen LogP contribution in [-0.2, 0) is 43.6 Å². The summed E-state index contributed by atoms with van der Waals surface area (Å²) in [5, 5.41) is 12.6. The molecule has 0 aromatic heterocycles. The molecule has 0 bridgehead atoms. The zero-order valence-electron chi connectivity index (χ0n) is 27.5. The second kappa shape index (κ2) is 18.2. The fraction of sp³-hybridized carbons (Fsp3) is 0.485. The molecule has 0 heterocycles. The van der Waals surface area contributed by atoms with Crippen molar-refractivity contribution in [3.63, 3.8) is 0 Å². The number of hydrogen-bond donors (Lipinski definition) is 4. The predicted molar refractivity (Wildman–Crippen MR) is 180 cm³/mol. The number of amides is 3. The molecule has 0 saturated carbocycles. The Kier molecular flexibility index (Phi) is 15.1. The first-order valence-electron chi connectivity index (χ1n) is 15.3. The minimum absolute atomic E-state index is 0.0702. The molecule has 2 aromatic carbocycles. The Morgan fingerprint density at radius 1 is 0.915 bits per heavy atom. The van der Waals surface area contributed by atoms with Gasteiger partial charge in [0.15, 0.2) is 9.84 Å². The van der Waals surface area contributed by atoms with E-state index < -0.39 is 63.8 Å². The van der Waals surface area contributed by atoms with E-state index in [9.17, 15) is 27.2 Å². The first-order chi connectivity index (χ1) is 22.0. The molecule has 12 nitrogen and oxygen atoms in total. The molecule has 0 saturated heterocycles. The molecular weight excluding hydrogens is 625 g/mol. The molecule has 3 amide bonds. The number of nitrogens with one attached hydrogen (secondary N) is 3. The highest BCUT2D eigenvalue weighted by Gasteiger charge is 2.33. The van der Waals surface area contributed by atoms with Crippen LogP contribution in [0.4, 0.5) is 4.39 Å². The number of alkyl halides is 1. The van der Waals surface area contributed by atoms with Gasteiger partial charge in [-0.2, -0.15) is 0 Å². The van der Waals surface area contributed by atoms with Gasteiger partial charge in [0, 0.05) is 29.5 Å². The molecule has 0 spiro atoms. The van der Waals surface area contributed by atoms with E-state index in [1.54, 1.807) is 36.4 Å². The third-order valence-corrected chi connectivity index (χ3v) is 7.68. The Bertz CT molecular complexity index is 1520. The molecule has 2 aromatic rings. The normalized spacial score (nSPS) is 14.5. The summed E-state index contributed by atoms with van der Waals surface area (Å²) in [7, 11) is -3.54. The van der Waals surface area contributed by atoms with Gasteiger partial charge in [-0.25, -0.2) is 12.8 Å². The largest absolute Gasteiger partial charge is 0.348 e. The lowest BCUT2D eigenvalue weighted by Gasteiger charge is -2.28. The maximum atomic E-state index is 15.0. The van der Waals surface area contributed by atoms with Gasteiger partial charge in [-0.3, -0.25) is 14.4 Å². The maximum absolute atomic E-state index is 15.0. The third kappa shape index (κ3) is 15.3. The lowest BCUT2D eigenvalue weighted by Crippen LogP contribution is -2.57. The SMILES string of the molecule is CC(C)C[C@H](NC(=O)[C@H](Cc1ccccc1)N=[N+]=[N-])C(=O)N[C@@H](CC(C)(C)F)C(=O)N[C@H](/C=C/S(C)(=O)=O)Cc1ccc(CN)cc1. The number of benzene rings is 2. The van der Waals surface area contributed by atoms with Crippen molar-refractivity contribution in [2.45, 2.75) is 89.8 Å². The Morgan fingerprint density at radius 2 is 1.47 bits per heavy atom. The summed E-state index contributed by atoms with van der Waals surface area (Å²) in [6.07, 6.45) is 2.42. The standard InChI is InChI=1S/C33H46FN7O5S/c1-22(2)17-27(38-31(43)28(40-41-36)19-23-9-7-6-8-10-23)30(42)39-29(20-33(3,4)34)32(44)37-26(15-16-47(5,45)46)18-24-11-13-25(21-35)14-12-24/h6-16,22,26-29H,17-21,35H2,1-5H3,(H,37,44)(H,38,43)(H,39,42)/b16-15+/t26-,27+,28+,29+/m1/s1. The Balaban J connectivity index is 2.31. The summed E-state index contributed by atoms with van der Waals surface area (Å²) < 4.78 is 38.7. The van der Waals surface area contributed by atoms with Crippen molar-refractivity contribution in [2.24, 2.45) is 16.8 Å². The minimum Gasteiger partial charge on any atom is -0.348 e. The molecule has 47 heavy (non-hydrogen) atoms. The molecule has 5 N–H and O–H groups in total. The van der Waals surface area contributed by atoms with E-state index in [0.29, 0.717) is 6.54 Å². The monoisotopic (exact) mass is 671 g/mol. The number of carbonyl (C=O) groups is 3. The molecular formula is C33H46FN7O5S. The average Bonchev–Trinajstić information content (AvgIpc) is 2.98. The Labute approximate surface area is 276 Å². The van der Waals surface area contributed by atoms with Crippen LogP contribution in [0.25, 0.3) is 10.4 Å². The lowest BCUT2D eigenvalue weighted by atomic mass is 9.97. The van der Waals surface area contributed by atoms with E-state index in [0.717, 1.165) is 28.4 Å². The summed E-state index contributed by atoms with van der Waals surface area (Å²) in [6.45, 7) is 6.55. The van der Waals surface area contributed by atoms with Crippen molar-refractivity contribution < 1.29 is 27.2 Å². The van der Waals surface area contributed by atoms with Crippen LogP contribution in [-0.4, -0.2) is 62.2 Å². The van der Waals surface area contributed by atoms with E-state index in [2.05, 4.69) is 26.0 Å². The number of nitrogens with zero attached hydrogens (tertiary/aromatic N) is 3. The molecule has 14 heteroatoms. The van der Waals surface area contributed by atoms with Gasteiger partial charge in [-0.05, 0) is 61.2 Å². The van der Waals surface area contributed by atoms with Crippen molar-refractivity contribution in [3.8, 4) is 0 Å². The van der Waals surface area contributed by atoms with Gasteiger partial charge in [0.1, 0.15) is 23.8 Å². The highest BCUT2D eigenvalue weighted by molar-refractivity contribution is 7.93. The molecule has 0 aliphatic rings. The van der Waals surface area contributed by atoms with Gasteiger partial charge < -0.3 is 21.7 Å². The lowest BCUT2D eigenvalue weighted by molar-refractivity contribution is -0.133. The predicted octanol–water partition coefficient (Wildman–Crippen LogP) is 3.81. The number of carbonyl (C=O) groups excluding carboxylic acids is 3. The van der Waals surface area contributed by atoms with E-state index >= 15 is 0 Å². The summed E-state index contributed by atoms with van der Waals surface area (Å²) in [4.78, 5) is 43.3. The smallest absolute Gasteiger partial charge is 0.243 e. The van der Waals surface area contributed by atoms with Gasteiger partial charge in [0.05, 0.1) is 6.04 Å². The van der Waals surface area contributed by atoms with Crippen molar-refractivity contribution in [2.75, 3.05) is 6.26 Å². The van der Waals surface area contributed by atoms with E-state index in [4.69, 9.17) is 11.3 Å². The van der Waals surface area contributed by atoms with Gasteiger partial charge in [-0.15, -0.1) is 0 Å². The summed E-state index contributed by atoms with van der Waals surface area (Å²) >= 11 is 0. The summed E-state index contributed by atoms with van der Waals surface area (Å²) in [6, 6.07) is 11.7. The van der Waals surface area contributed by atoms with Gasteiger partial charge >= 0.3 is 0 Å². The molecule has 256 valence electrons. The van der Waals surface area contributed by atoms with Crippen LogP contribution in [0.3, 0.4) is 0 Å². The van der Waals surface area contributed by atoms with Gasteiger partial charge in [-0.1, -0.05) is 79.6 Å². The molecule has 0 unspecified atom stereocenters. The first kappa shape index (κ1) is 38.9. The molecule has 2 rings (SSSR count). The van der Waals surface area contributed by atoms with E-state index in [1.165, 1.54) is 19.9 Å². The van der Waals surface area contributed by atoms with Crippen molar-refractivity contribution in [3.05, 3.63) is 93.2 Å². The van der Waals surface area contributed by atoms with Crippen molar-refractivity contribution in [1.29, 1.82) is 0 Å². The van der Waals surface area contributed by atoms with Gasteiger partial charge in [0.2, 0.25) is 17.7 Å². The zero-order chi connectivity index (χ0) is 35.2. The van der Waals surface area contributed by atoms with Crippen LogP contribution < -0.4 is 21.7 Å². The quantitative estimate of drug-likeness (QED) is 0.106. The second-order valence-corrected chi connectivity index (χ2v) is 14.5. The third-order valence-electron chi connectivity index (χ3n) is 7.03. The fourth-order valence-electron chi connectivity index (χ4n) is 4.78. The van der Waals surface area contributed by atoms with Crippen LogP contribution >= 0.6 is 0 Å². The van der Waals surface area contributed by atoms with Crippen LogP contribution in [0.5, 0.6) is 0 Å². The number of azide groups is 1. The number of halogens is 1. The molecule has 0 aliphatic carbocycles. The number of hydrogen-bond acceptors (Lipinski definition) is 7. The number of sulfone groups is 1. The Hall–Kier alpha value is -4.26. The highest BCUT2D eigenvalue weighted by Crippen LogP contribution is 2.18. The van der Waals surface area contributed by atoms with Crippen molar-refractivity contribution in [1.82, 2.24) is 16.0 Å².